The highest BCUT2D eigenvalue weighted by Gasteiger charge is 2.17. The zero-order valence-electron chi connectivity index (χ0n) is 9.57. The van der Waals surface area contributed by atoms with E-state index >= 15 is 0 Å². The number of H-pyrrole nitrogens is 1. The summed E-state index contributed by atoms with van der Waals surface area (Å²) >= 11 is 1.70. The molecule has 0 fully saturated rings. The highest BCUT2D eigenvalue weighted by atomic mass is 32.2. The van der Waals surface area contributed by atoms with Gasteiger partial charge in [0.2, 0.25) is 0 Å². The van der Waals surface area contributed by atoms with Crippen LogP contribution in [0.3, 0.4) is 0 Å². The molecule has 18 heavy (non-hydrogen) atoms. The lowest BCUT2D eigenvalue weighted by Crippen LogP contribution is -2.17. The number of aromatic amines is 1. The van der Waals surface area contributed by atoms with Gasteiger partial charge in [0.15, 0.2) is 0 Å². The fraction of sp³-hybridized carbons (Fsp3) is 0.231. The van der Waals surface area contributed by atoms with Gasteiger partial charge in [0.25, 0.3) is 5.56 Å². The Hall–Kier alpha value is -1.62. The summed E-state index contributed by atoms with van der Waals surface area (Å²) in [7, 11) is 0. The second-order valence-electron chi connectivity index (χ2n) is 4.23. The Kier molecular flexibility index (Phi) is 2.91. The van der Waals surface area contributed by atoms with E-state index in [2.05, 4.69) is 9.97 Å². The maximum atomic E-state index is 12.8. The predicted octanol–water partition coefficient (Wildman–Crippen LogP) is 2.25. The summed E-state index contributed by atoms with van der Waals surface area (Å²) in [5, 5.41) is 0. The molecule has 3 nitrogen and oxygen atoms in total. The van der Waals surface area contributed by atoms with Gasteiger partial charge < -0.3 is 4.98 Å². The molecule has 0 atom stereocenters. The minimum absolute atomic E-state index is 0.0397. The van der Waals surface area contributed by atoms with Crippen LogP contribution in [-0.2, 0) is 17.9 Å². The Balaban J connectivity index is 1.92. The van der Waals surface area contributed by atoms with Gasteiger partial charge in [-0.2, -0.15) is 11.8 Å². The number of halogens is 1. The Morgan fingerprint density at radius 2 is 2.06 bits per heavy atom. The first-order chi connectivity index (χ1) is 8.72. The smallest absolute Gasteiger partial charge is 0.255 e. The van der Waals surface area contributed by atoms with E-state index in [4.69, 9.17) is 0 Å². The van der Waals surface area contributed by atoms with Crippen molar-refractivity contribution in [3.8, 4) is 0 Å². The van der Waals surface area contributed by atoms with Crippen LogP contribution in [0.25, 0.3) is 0 Å². The van der Waals surface area contributed by atoms with Crippen molar-refractivity contribution in [2.24, 2.45) is 0 Å². The fourth-order valence-corrected chi connectivity index (χ4v) is 3.03. The molecule has 0 radical (unpaired) electrons. The first kappa shape index (κ1) is 11.5. The molecule has 1 N–H and O–H groups in total. The Morgan fingerprint density at radius 1 is 1.28 bits per heavy atom. The predicted molar refractivity (Wildman–Crippen MR) is 69.1 cm³/mol. The standard InChI is InChI=1S/C13H11FN2OS/c14-9-3-1-8(2-4-9)5-12-15-11-7-18-6-10(11)13(17)16-12/h1-4H,5-7H2,(H,15,16,17). The van der Waals surface area contributed by atoms with Crippen molar-refractivity contribution in [3.05, 3.63) is 63.1 Å². The van der Waals surface area contributed by atoms with Crippen molar-refractivity contribution in [1.29, 1.82) is 0 Å². The van der Waals surface area contributed by atoms with Crippen LogP contribution >= 0.6 is 11.8 Å². The molecule has 0 amide bonds. The van der Waals surface area contributed by atoms with Gasteiger partial charge in [-0.25, -0.2) is 9.37 Å². The van der Waals surface area contributed by atoms with E-state index in [-0.39, 0.29) is 11.4 Å². The number of hydrogen-bond acceptors (Lipinski definition) is 3. The van der Waals surface area contributed by atoms with Crippen molar-refractivity contribution >= 4 is 11.8 Å². The average molecular weight is 262 g/mol. The molecule has 0 unspecified atom stereocenters. The zero-order chi connectivity index (χ0) is 12.5. The number of thioether (sulfide) groups is 1. The van der Waals surface area contributed by atoms with Gasteiger partial charge in [-0.3, -0.25) is 4.79 Å². The largest absolute Gasteiger partial charge is 0.310 e. The summed E-state index contributed by atoms with van der Waals surface area (Å²) in [6.45, 7) is 0. The normalized spacial score (nSPS) is 13.6. The molecule has 0 spiro atoms. The van der Waals surface area contributed by atoms with Crippen LogP contribution in [0.15, 0.2) is 29.1 Å². The summed E-state index contributed by atoms with van der Waals surface area (Å²) in [6.07, 6.45) is 0.521. The molecule has 1 aromatic carbocycles. The van der Waals surface area contributed by atoms with E-state index in [1.165, 1.54) is 12.1 Å². The van der Waals surface area contributed by atoms with E-state index in [1.54, 1.807) is 23.9 Å². The average Bonchev–Trinajstić information content (AvgIpc) is 2.81. The first-order valence-electron chi connectivity index (χ1n) is 5.65. The van der Waals surface area contributed by atoms with Gasteiger partial charge in [-0.05, 0) is 17.7 Å². The van der Waals surface area contributed by atoms with Crippen molar-refractivity contribution in [2.75, 3.05) is 0 Å². The topological polar surface area (TPSA) is 45.8 Å². The minimum atomic E-state index is -0.259. The van der Waals surface area contributed by atoms with Crippen LogP contribution in [0.1, 0.15) is 22.6 Å². The van der Waals surface area contributed by atoms with Crippen LogP contribution < -0.4 is 5.56 Å². The Labute approximate surface area is 107 Å². The Bertz CT molecular complexity index is 636. The number of aromatic nitrogens is 2. The number of nitrogens with one attached hydrogen (secondary N) is 1. The molecular weight excluding hydrogens is 251 g/mol. The van der Waals surface area contributed by atoms with Crippen LogP contribution in [0.4, 0.5) is 4.39 Å². The third-order valence-corrected chi connectivity index (χ3v) is 3.89. The third kappa shape index (κ3) is 2.18. The molecule has 0 bridgehead atoms. The van der Waals surface area contributed by atoms with E-state index in [1.807, 2.05) is 0 Å². The lowest BCUT2D eigenvalue weighted by atomic mass is 10.1. The maximum Gasteiger partial charge on any atom is 0.255 e. The molecule has 5 heteroatoms. The van der Waals surface area contributed by atoms with Gasteiger partial charge in [-0.1, -0.05) is 12.1 Å². The van der Waals surface area contributed by atoms with Gasteiger partial charge >= 0.3 is 0 Å². The number of hydrogen-bond donors (Lipinski definition) is 1. The van der Waals surface area contributed by atoms with Crippen molar-refractivity contribution in [1.82, 2.24) is 9.97 Å². The maximum absolute atomic E-state index is 12.8. The van der Waals surface area contributed by atoms with E-state index < -0.39 is 0 Å². The molecule has 2 aromatic rings. The lowest BCUT2D eigenvalue weighted by Gasteiger charge is -2.03. The van der Waals surface area contributed by atoms with Crippen LogP contribution in [-0.4, -0.2) is 9.97 Å². The van der Waals surface area contributed by atoms with Crippen molar-refractivity contribution in [3.63, 3.8) is 0 Å². The molecular formula is C13H11FN2OS. The summed E-state index contributed by atoms with van der Waals surface area (Å²) < 4.78 is 12.8. The quantitative estimate of drug-likeness (QED) is 0.903. The number of benzene rings is 1. The molecule has 2 heterocycles. The number of fused-ring (bicyclic) bond motifs is 1. The minimum Gasteiger partial charge on any atom is -0.310 e. The van der Waals surface area contributed by atoms with Crippen LogP contribution in [0.5, 0.6) is 0 Å². The summed E-state index contributed by atoms with van der Waals surface area (Å²) in [4.78, 5) is 19.1. The molecule has 1 aliphatic heterocycles. The highest BCUT2D eigenvalue weighted by Crippen LogP contribution is 2.25. The van der Waals surface area contributed by atoms with Crippen molar-refractivity contribution < 1.29 is 4.39 Å². The SMILES string of the molecule is O=c1[nH]c(Cc2ccc(F)cc2)nc2c1CSC2. The number of nitrogens with zero attached hydrogens (tertiary/aromatic N) is 1. The van der Waals surface area contributed by atoms with E-state index in [0.29, 0.717) is 12.2 Å². The molecule has 3 rings (SSSR count). The van der Waals surface area contributed by atoms with Gasteiger partial charge in [-0.15, -0.1) is 0 Å². The lowest BCUT2D eigenvalue weighted by molar-refractivity contribution is 0.627. The summed E-state index contributed by atoms with van der Waals surface area (Å²) in [5.41, 5.74) is 2.58. The summed E-state index contributed by atoms with van der Waals surface area (Å²) in [5.74, 6) is 1.93. The molecule has 1 aromatic heterocycles. The molecule has 1 aliphatic rings. The highest BCUT2D eigenvalue weighted by molar-refractivity contribution is 7.98. The second-order valence-corrected chi connectivity index (χ2v) is 5.22. The van der Waals surface area contributed by atoms with Gasteiger partial charge in [0.1, 0.15) is 11.6 Å². The van der Waals surface area contributed by atoms with Crippen LogP contribution in [0.2, 0.25) is 0 Å². The third-order valence-electron chi connectivity index (χ3n) is 2.92. The fourth-order valence-electron chi connectivity index (χ4n) is 1.99. The molecule has 92 valence electrons. The second kappa shape index (κ2) is 4.57. The number of rotatable bonds is 2. The Morgan fingerprint density at radius 3 is 2.83 bits per heavy atom. The van der Waals surface area contributed by atoms with Crippen molar-refractivity contribution in [2.45, 2.75) is 17.9 Å². The van der Waals surface area contributed by atoms with E-state index in [0.717, 1.165) is 28.3 Å². The molecule has 0 aliphatic carbocycles. The monoisotopic (exact) mass is 262 g/mol. The van der Waals surface area contributed by atoms with Crippen LogP contribution in [0, 0.1) is 5.82 Å². The first-order valence-corrected chi connectivity index (χ1v) is 6.81. The zero-order valence-corrected chi connectivity index (χ0v) is 10.4. The molecule has 0 saturated carbocycles. The molecule has 0 saturated heterocycles. The van der Waals surface area contributed by atoms with E-state index in [9.17, 15) is 9.18 Å². The summed E-state index contributed by atoms with van der Waals surface area (Å²) in [6, 6.07) is 6.24. The van der Waals surface area contributed by atoms with Gasteiger partial charge in [0, 0.05) is 23.5 Å². The van der Waals surface area contributed by atoms with Gasteiger partial charge in [0.05, 0.1) is 5.69 Å².